The van der Waals surface area contributed by atoms with Crippen LogP contribution in [0.25, 0.3) is 0 Å². The standard InChI is InChI=1S/C22H24F3N5O2/c23-22(24,25)15-4-3-5-16(12-15)27-20(31)14-7-10-30(11-8-14)21(32)19-13-18(28-29-19)17-6-1-2-9-26-17/h1-6,9,12,14,18-19,28-29H,7-8,10-11,13H2,(H,27,31). The Hall–Kier alpha value is -2.98. The zero-order valence-corrected chi connectivity index (χ0v) is 17.2. The summed E-state index contributed by atoms with van der Waals surface area (Å²) < 4.78 is 38.6. The van der Waals surface area contributed by atoms with Crippen LogP contribution >= 0.6 is 0 Å². The molecule has 0 spiro atoms. The number of benzene rings is 1. The summed E-state index contributed by atoms with van der Waals surface area (Å²) in [4.78, 5) is 31.5. The maximum absolute atomic E-state index is 12.9. The first kappa shape index (κ1) is 22.2. The van der Waals surface area contributed by atoms with Crippen molar-refractivity contribution in [2.24, 2.45) is 5.92 Å². The normalized spacial score (nSPS) is 22.0. The maximum atomic E-state index is 12.9. The van der Waals surface area contributed by atoms with E-state index < -0.39 is 11.7 Å². The average molecular weight is 447 g/mol. The molecule has 2 unspecified atom stereocenters. The number of carbonyl (C=O) groups excluding carboxylic acids is 2. The van der Waals surface area contributed by atoms with E-state index in [0.717, 1.165) is 17.8 Å². The fraction of sp³-hybridized carbons (Fsp3) is 0.409. The highest BCUT2D eigenvalue weighted by Gasteiger charge is 2.36. The number of alkyl halides is 3. The summed E-state index contributed by atoms with van der Waals surface area (Å²) in [5, 5.41) is 2.58. The number of amides is 2. The Morgan fingerprint density at radius 3 is 2.53 bits per heavy atom. The van der Waals surface area contributed by atoms with Crippen molar-refractivity contribution < 1.29 is 22.8 Å². The maximum Gasteiger partial charge on any atom is 0.416 e. The minimum absolute atomic E-state index is 0.0346. The molecule has 0 bridgehead atoms. The first-order chi connectivity index (χ1) is 15.3. The second kappa shape index (κ2) is 9.25. The largest absolute Gasteiger partial charge is 0.416 e. The van der Waals surface area contributed by atoms with Gasteiger partial charge in [0.15, 0.2) is 0 Å². The summed E-state index contributed by atoms with van der Waals surface area (Å²) in [6.45, 7) is 0.845. The van der Waals surface area contributed by atoms with Gasteiger partial charge in [-0.2, -0.15) is 13.2 Å². The molecule has 10 heteroatoms. The SMILES string of the molecule is O=C(Nc1cccc(C(F)(F)F)c1)C1CCN(C(=O)C2CC(c3ccccn3)NN2)CC1. The molecule has 0 aliphatic carbocycles. The number of halogens is 3. The molecular formula is C22H24F3N5O2. The van der Waals surface area contributed by atoms with E-state index in [1.54, 1.807) is 11.1 Å². The van der Waals surface area contributed by atoms with E-state index in [4.69, 9.17) is 0 Å². The third kappa shape index (κ3) is 5.08. The van der Waals surface area contributed by atoms with Crippen LogP contribution in [0.15, 0.2) is 48.7 Å². The lowest BCUT2D eigenvalue weighted by atomic mass is 9.95. The number of hydrogen-bond donors (Lipinski definition) is 3. The molecule has 4 rings (SSSR count). The van der Waals surface area contributed by atoms with Crippen molar-refractivity contribution in [3.63, 3.8) is 0 Å². The minimum atomic E-state index is -4.47. The monoisotopic (exact) mass is 447 g/mol. The van der Waals surface area contributed by atoms with Gasteiger partial charge in [-0.05, 0) is 49.6 Å². The van der Waals surface area contributed by atoms with Crippen molar-refractivity contribution in [3.8, 4) is 0 Å². The van der Waals surface area contributed by atoms with Gasteiger partial charge in [0.05, 0.1) is 17.3 Å². The lowest BCUT2D eigenvalue weighted by molar-refractivity contribution is -0.137. The molecule has 32 heavy (non-hydrogen) atoms. The average Bonchev–Trinajstić information content (AvgIpc) is 3.29. The molecule has 2 aromatic rings. The van der Waals surface area contributed by atoms with E-state index in [1.165, 1.54) is 12.1 Å². The molecular weight excluding hydrogens is 423 g/mol. The Bertz CT molecular complexity index is 962. The number of aromatic nitrogens is 1. The third-order valence-corrected chi connectivity index (χ3v) is 5.88. The van der Waals surface area contributed by atoms with E-state index in [9.17, 15) is 22.8 Å². The molecule has 7 nitrogen and oxygen atoms in total. The number of rotatable bonds is 4. The summed E-state index contributed by atoms with van der Waals surface area (Å²) in [6.07, 6.45) is -1.26. The Morgan fingerprint density at radius 2 is 1.84 bits per heavy atom. The first-order valence-electron chi connectivity index (χ1n) is 10.5. The second-order valence-corrected chi connectivity index (χ2v) is 8.05. The van der Waals surface area contributed by atoms with E-state index in [1.807, 2.05) is 18.2 Å². The second-order valence-electron chi connectivity index (χ2n) is 8.05. The first-order valence-corrected chi connectivity index (χ1v) is 10.5. The molecule has 2 atom stereocenters. The van der Waals surface area contributed by atoms with Crippen LogP contribution < -0.4 is 16.2 Å². The Balaban J connectivity index is 1.28. The van der Waals surface area contributed by atoms with Gasteiger partial charge in [0.25, 0.3) is 0 Å². The van der Waals surface area contributed by atoms with Crippen molar-refractivity contribution in [1.82, 2.24) is 20.7 Å². The number of hydrazine groups is 1. The predicted molar refractivity (Wildman–Crippen MR) is 111 cm³/mol. The van der Waals surface area contributed by atoms with Crippen molar-refractivity contribution in [2.45, 2.75) is 37.5 Å². The molecule has 1 aromatic carbocycles. The van der Waals surface area contributed by atoms with Gasteiger partial charge >= 0.3 is 6.18 Å². The van der Waals surface area contributed by atoms with Gasteiger partial charge < -0.3 is 10.2 Å². The Morgan fingerprint density at radius 1 is 1.06 bits per heavy atom. The van der Waals surface area contributed by atoms with Crippen LogP contribution in [-0.2, 0) is 15.8 Å². The highest BCUT2D eigenvalue weighted by molar-refractivity contribution is 5.93. The minimum Gasteiger partial charge on any atom is -0.341 e. The van der Waals surface area contributed by atoms with Crippen LogP contribution in [0.4, 0.5) is 18.9 Å². The predicted octanol–water partition coefficient (Wildman–Crippen LogP) is 2.89. The smallest absolute Gasteiger partial charge is 0.341 e. The molecule has 2 aliphatic rings. The van der Waals surface area contributed by atoms with Gasteiger partial charge in [-0.1, -0.05) is 12.1 Å². The van der Waals surface area contributed by atoms with Crippen molar-refractivity contribution in [1.29, 1.82) is 0 Å². The zero-order valence-electron chi connectivity index (χ0n) is 17.2. The van der Waals surface area contributed by atoms with E-state index in [2.05, 4.69) is 21.2 Å². The van der Waals surface area contributed by atoms with Gasteiger partial charge in [-0.15, -0.1) is 0 Å². The fourth-order valence-corrected chi connectivity index (χ4v) is 4.09. The number of carbonyl (C=O) groups is 2. The van der Waals surface area contributed by atoms with Crippen LogP contribution in [0.2, 0.25) is 0 Å². The molecule has 170 valence electrons. The lowest BCUT2D eigenvalue weighted by Crippen LogP contribution is -2.49. The van der Waals surface area contributed by atoms with Gasteiger partial charge in [-0.3, -0.25) is 14.6 Å². The molecule has 2 fully saturated rings. The Labute approximate surface area is 183 Å². The topological polar surface area (TPSA) is 86.4 Å². The number of nitrogens with zero attached hydrogens (tertiary/aromatic N) is 2. The lowest BCUT2D eigenvalue weighted by Gasteiger charge is -2.32. The number of nitrogens with one attached hydrogen (secondary N) is 3. The molecule has 2 amide bonds. The van der Waals surface area contributed by atoms with E-state index >= 15 is 0 Å². The number of pyridine rings is 1. The number of anilines is 1. The molecule has 2 saturated heterocycles. The number of hydrogen-bond acceptors (Lipinski definition) is 5. The van der Waals surface area contributed by atoms with Crippen molar-refractivity contribution in [3.05, 3.63) is 59.9 Å². The Kier molecular flexibility index (Phi) is 6.43. The van der Waals surface area contributed by atoms with Crippen LogP contribution in [0, 0.1) is 5.92 Å². The summed E-state index contributed by atoms with van der Waals surface area (Å²) in [7, 11) is 0. The number of piperidine rings is 1. The zero-order chi connectivity index (χ0) is 22.7. The highest BCUT2D eigenvalue weighted by atomic mass is 19.4. The van der Waals surface area contributed by atoms with E-state index in [-0.39, 0.29) is 35.5 Å². The molecule has 3 heterocycles. The summed E-state index contributed by atoms with van der Waals surface area (Å²) >= 11 is 0. The van der Waals surface area contributed by atoms with Crippen LogP contribution in [0.3, 0.4) is 0 Å². The van der Waals surface area contributed by atoms with Crippen LogP contribution in [0.5, 0.6) is 0 Å². The van der Waals surface area contributed by atoms with Crippen LogP contribution in [0.1, 0.15) is 36.6 Å². The summed E-state index contributed by atoms with van der Waals surface area (Å²) in [6, 6.07) is 9.79. The van der Waals surface area contributed by atoms with Crippen molar-refractivity contribution >= 4 is 17.5 Å². The van der Waals surface area contributed by atoms with Crippen LogP contribution in [-0.4, -0.2) is 40.8 Å². The van der Waals surface area contributed by atoms with Crippen molar-refractivity contribution in [2.75, 3.05) is 18.4 Å². The highest BCUT2D eigenvalue weighted by Crippen LogP contribution is 2.31. The van der Waals surface area contributed by atoms with Gasteiger partial charge in [0, 0.05) is 30.9 Å². The summed E-state index contributed by atoms with van der Waals surface area (Å²) in [5.41, 5.74) is 6.31. The molecule has 1 aromatic heterocycles. The van der Waals surface area contributed by atoms with Gasteiger partial charge in [0.1, 0.15) is 6.04 Å². The quantitative estimate of drug-likeness (QED) is 0.671. The number of likely N-dealkylation sites (tertiary alicyclic amines) is 1. The fourth-order valence-electron chi connectivity index (χ4n) is 4.09. The van der Waals surface area contributed by atoms with Gasteiger partial charge in [-0.25, -0.2) is 10.9 Å². The summed E-state index contributed by atoms with van der Waals surface area (Å²) in [5.74, 6) is -0.718. The van der Waals surface area contributed by atoms with Gasteiger partial charge in [0.2, 0.25) is 11.8 Å². The third-order valence-electron chi connectivity index (χ3n) is 5.88. The molecule has 0 radical (unpaired) electrons. The molecule has 0 saturated carbocycles. The molecule has 2 aliphatic heterocycles. The molecule has 3 N–H and O–H groups in total. The van der Waals surface area contributed by atoms with E-state index in [0.29, 0.717) is 32.4 Å².